The van der Waals surface area contributed by atoms with Crippen LogP contribution in [-0.2, 0) is 0 Å². The number of anilines is 1. The zero-order chi connectivity index (χ0) is 20.6. The standard InChI is InChI=1S/C19H29F3N4O2.HI/c1-23-18(25-15-4-5-16(27-2)17(12-15)28-3)24-9-6-14-7-10-26(11-8-14)13-19(20,21)22;/h4-5,12,14H,6-11,13H2,1-3H3,(H2,23,24,25);1H. The molecule has 166 valence electrons. The van der Waals surface area contributed by atoms with Gasteiger partial charge in [0.1, 0.15) is 0 Å². The Hall–Kier alpha value is -1.43. The van der Waals surface area contributed by atoms with Crippen LogP contribution >= 0.6 is 24.0 Å². The van der Waals surface area contributed by atoms with Gasteiger partial charge in [-0.15, -0.1) is 24.0 Å². The zero-order valence-electron chi connectivity index (χ0n) is 17.0. The fourth-order valence-corrected chi connectivity index (χ4v) is 3.31. The largest absolute Gasteiger partial charge is 0.493 e. The van der Waals surface area contributed by atoms with Gasteiger partial charge in [-0.3, -0.25) is 9.89 Å². The summed E-state index contributed by atoms with van der Waals surface area (Å²) in [5, 5.41) is 6.45. The lowest BCUT2D eigenvalue weighted by Gasteiger charge is -2.32. The van der Waals surface area contributed by atoms with E-state index in [9.17, 15) is 13.2 Å². The Bertz CT molecular complexity index is 651. The van der Waals surface area contributed by atoms with Crippen LogP contribution in [0.3, 0.4) is 0 Å². The third-order valence-corrected chi connectivity index (χ3v) is 4.82. The van der Waals surface area contributed by atoms with Gasteiger partial charge in [0.15, 0.2) is 17.5 Å². The first-order chi connectivity index (χ1) is 13.3. The number of piperidine rings is 1. The number of benzene rings is 1. The number of halogens is 4. The summed E-state index contributed by atoms with van der Waals surface area (Å²) < 4.78 is 47.9. The lowest BCUT2D eigenvalue weighted by molar-refractivity contribution is -0.148. The number of guanidine groups is 1. The van der Waals surface area contributed by atoms with Gasteiger partial charge in [-0.2, -0.15) is 13.2 Å². The van der Waals surface area contributed by atoms with E-state index in [1.807, 2.05) is 18.2 Å². The number of ether oxygens (including phenoxy) is 2. The molecule has 0 radical (unpaired) electrons. The molecule has 10 heteroatoms. The van der Waals surface area contributed by atoms with Crippen molar-refractivity contribution in [2.75, 3.05) is 52.8 Å². The Morgan fingerprint density at radius 2 is 1.83 bits per heavy atom. The summed E-state index contributed by atoms with van der Waals surface area (Å²) in [6.45, 7) is 0.905. The van der Waals surface area contributed by atoms with Gasteiger partial charge in [0.2, 0.25) is 0 Å². The molecule has 0 aliphatic carbocycles. The molecule has 2 rings (SSSR count). The molecule has 6 nitrogen and oxygen atoms in total. The van der Waals surface area contributed by atoms with Gasteiger partial charge >= 0.3 is 6.18 Å². The minimum atomic E-state index is -4.11. The van der Waals surface area contributed by atoms with E-state index in [-0.39, 0.29) is 24.0 Å². The Kier molecular flexibility index (Phi) is 10.9. The summed E-state index contributed by atoms with van der Waals surface area (Å²) in [5.74, 6) is 2.32. The number of aliphatic imine (C=N–C) groups is 1. The first-order valence-corrected chi connectivity index (χ1v) is 9.33. The maximum absolute atomic E-state index is 12.5. The molecule has 1 aromatic rings. The molecule has 0 saturated carbocycles. The lowest BCUT2D eigenvalue weighted by Crippen LogP contribution is -2.40. The van der Waals surface area contributed by atoms with E-state index in [4.69, 9.17) is 9.47 Å². The van der Waals surface area contributed by atoms with Gasteiger partial charge in [-0.05, 0) is 50.4 Å². The first kappa shape index (κ1) is 25.6. The Balaban J connectivity index is 0.00000420. The van der Waals surface area contributed by atoms with Crippen molar-refractivity contribution in [3.63, 3.8) is 0 Å². The average Bonchev–Trinajstić information content (AvgIpc) is 2.67. The van der Waals surface area contributed by atoms with E-state index < -0.39 is 12.7 Å². The molecule has 1 aromatic carbocycles. The summed E-state index contributed by atoms with van der Waals surface area (Å²) in [7, 11) is 4.85. The van der Waals surface area contributed by atoms with Gasteiger partial charge in [0.05, 0.1) is 20.8 Å². The number of nitrogens with zero attached hydrogens (tertiary/aromatic N) is 2. The van der Waals surface area contributed by atoms with Gasteiger partial charge in [0.25, 0.3) is 0 Å². The van der Waals surface area contributed by atoms with Crippen LogP contribution in [0.1, 0.15) is 19.3 Å². The number of rotatable bonds is 7. The minimum Gasteiger partial charge on any atom is -0.493 e. The third kappa shape index (κ3) is 8.85. The summed E-state index contributed by atoms with van der Waals surface area (Å²) in [6, 6.07) is 5.50. The van der Waals surface area contributed by atoms with Crippen LogP contribution in [0.15, 0.2) is 23.2 Å². The lowest BCUT2D eigenvalue weighted by atomic mass is 9.93. The molecule has 2 N–H and O–H groups in total. The summed E-state index contributed by atoms with van der Waals surface area (Å²) in [4.78, 5) is 5.69. The van der Waals surface area contributed by atoms with E-state index in [1.165, 1.54) is 4.90 Å². The quantitative estimate of drug-likeness (QED) is 0.318. The highest BCUT2D eigenvalue weighted by molar-refractivity contribution is 14.0. The first-order valence-electron chi connectivity index (χ1n) is 9.33. The van der Waals surface area contributed by atoms with Crippen molar-refractivity contribution >= 4 is 35.6 Å². The van der Waals surface area contributed by atoms with Crippen molar-refractivity contribution in [3.05, 3.63) is 18.2 Å². The van der Waals surface area contributed by atoms with Crippen LogP contribution in [0.25, 0.3) is 0 Å². The zero-order valence-corrected chi connectivity index (χ0v) is 19.3. The molecule has 0 unspecified atom stereocenters. The molecule has 1 saturated heterocycles. The molecule has 1 heterocycles. The van der Waals surface area contributed by atoms with E-state index in [1.54, 1.807) is 21.3 Å². The second-order valence-electron chi connectivity index (χ2n) is 6.82. The number of methoxy groups -OCH3 is 2. The van der Waals surface area contributed by atoms with Crippen LogP contribution in [0, 0.1) is 5.92 Å². The topological polar surface area (TPSA) is 58.1 Å². The van der Waals surface area contributed by atoms with Crippen LogP contribution in [0.5, 0.6) is 11.5 Å². The summed E-state index contributed by atoms with van der Waals surface area (Å²) in [5.41, 5.74) is 0.811. The highest BCUT2D eigenvalue weighted by Crippen LogP contribution is 2.29. The van der Waals surface area contributed by atoms with Crippen molar-refractivity contribution in [1.82, 2.24) is 10.2 Å². The summed E-state index contributed by atoms with van der Waals surface area (Å²) in [6.07, 6.45) is -1.64. The number of likely N-dealkylation sites (tertiary alicyclic amines) is 1. The smallest absolute Gasteiger partial charge is 0.401 e. The highest BCUT2D eigenvalue weighted by Gasteiger charge is 2.32. The van der Waals surface area contributed by atoms with Gasteiger partial charge in [0, 0.05) is 25.3 Å². The van der Waals surface area contributed by atoms with Crippen molar-refractivity contribution in [2.24, 2.45) is 10.9 Å². The number of alkyl halides is 3. The molecule has 0 spiro atoms. The second-order valence-corrected chi connectivity index (χ2v) is 6.82. The SMILES string of the molecule is CN=C(NCCC1CCN(CC(F)(F)F)CC1)Nc1ccc(OC)c(OC)c1.I. The molecule has 1 aliphatic rings. The Morgan fingerprint density at radius 1 is 1.17 bits per heavy atom. The fourth-order valence-electron chi connectivity index (χ4n) is 3.31. The van der Waals surface area contributed by atoms with Gasteiger partial charge < -0.3 is 20.1 Å². The average molecular weight is 530 g/mol. The molecule has 0 amide bonds. The van der Waals surface area contributed by atoms with Gasteiger partial charge in [-0.25, -0.2) is 0 Å². The second kappa shape index (κ2) is 12.3. The molecule has 0 aromatic heterocycles. The Labute approximate surface area is 187 Å². The maximum atomic E-state index is 12.5. The normalized spacial score (nSPS) is 16.1. The van der Waals surface area contributed by atoms with Crippen LogP contribution in [0.2, 0.25) is 0 Å². The predicted molar refractivity (Wildman–Crippen MR) is 120 cm³/mol. The van der Waals surface area contributed by atoms with Crippen LogP contribution in [-0.4, -0.2) is 64.5 Å². The predicted octanol–water partition coefficient (Wildman–Crippen LogP) is 3.97. The van der Waals surface area contributed by atoms with Crippen molar-refractivity contribution < 1.29 is 22.6 Å². The van der Waals surface area contributed by atoms with Crippen molar-refractivity contribution in [1.29, 1.82) is 0 Å². The summed E-state index contributed by atoms with van der Waals surface area (Å²) >= 11 is 0. The van der Waals surface area contributed by atoms with E-state index >= 15 is 0 Å². The minimum absolute atomic E-state index is 0. The molecule has 1 fully saturated rings. The van der Waals surface area contributed by atoms with Crippen molar-refractivity contribution in [2.45, 2.75) is 25.4 Å². The van der Waals surface area contributed by atoms with E-state index in [2.05, 4.69) is 15.6 Å². The molecule has 29 heavy (non-hydrogen) atoms. The monoisotopic (exact) mass is 530 g/mol. The van der Waals surface area contributed by atoms with E-state index in [0.29, 0.717) is 43.0 Å². The highest BCUT2D eigenvalue weighted by atomic mass is 127. The molecular weight excluding hydrogens is 500 g/mol. The van der Waals surface area contributed by atoms with Crippen LogP contribution < -0.4 is 20.1 Å². The molecule has 1 aliphatic heterocycles. The molecule has 0 atom stereocenters. The van der Waals surface area contributed by atoms with Crippen LogP contribution in [0.4, 0.5) is 18.9 Å². The Morgan fingerprint density at radius 3 is 2.38 bits per heavy atom. The number of hydrogen-bond donors (Lipinski definition) is 2. The molecule has 0 bridgehead atoms. The third-order valence-electron chi connectivity index (χ3n) is 4.82. The van der Waals surface area contributed by atoms with E-state index in [0.717, 1.165) is 24.9 Å². The van der Waals surface area contributed by atoms with Crippen molar-refractivity contribution in [3.8, 4) is 11.5 Å². The number of hydrogen-bond acceptors (Lipinski definition) is 4. The fraction of sp³-hybridized carbons (Fsp3) is 0.632. The number of nitrogens with one attached hydrogen (secondary N) is 2. The maximum Gasteiger partial charge on any atom is 0.401 e. The molecular formula is C19H30F3IN4O2. The van der Waals surface area contributed by atoms with Gasteiger partial charge in [-0.1, -0.05) is 0 Å².